The van der Waals surface area contributed by atoms with Gasteiger partial charge in [0.1, 0.15) is 0 Å². The van der Waals surface area contributed by atoms with Crippen molar-refractivity contribution in [2.75, 3.05) is 13.1 Å². The van der Waals surface area contributed by atoms with Gasteiger partial charge in [-0.1, -0.05) is 13.3 Å². The number of likely N-dealkylation sites (tertiary alicyclic amines) is 1. The van der Waals surface area contributed by atoms with Crippen LogP contribution in [-0.4, -0.2) is 39.4 Å². The molecule has 0 aromatic carbocycles. The van der Waals surface area contributed by atoms with E-state index in [0.717, 1.165) is 12.8 Å². The summed E-state index contributed by atoms with van der Waals surface area (Å²) < 4.78 is 1.85. The van der Waals surface area contributed by atoms with Gasteiger partial charge in [-0.3, -0.25) is 9.58 Å². The first-order valence-corrected chi connectivity index (χ1v) is 7.54. The quantitative estimate of drug-likeness (QED) is 0.884. The topological polar surface area (TPSA) is 47.1 Å². The number of nitrogens with two attached hydrogens (primary N) is 1. The van der Waals surface area contributed by atoms with Crippen molar-refractivity contribution >= 4 is 0 Å². The molecule has 1 aromatic heterocycles. The number of nitrogens with zero attached hydrogens (tertiary/aromatic N) is 3. The summed E-state index contributed by atoms with van der Waals surface area (Å²) in [4.78, 5) is 2.61. The summed E-state index contributed by atoms with van der Waals surface area (Å²) in [6, 6.07) is 0.166. The summed E-state index contributed by atoms with van der Waals surface area (Å²) in [6.45, 7) is 6.99. The van der Waals surface area contributed by atoms with Crippen molar-refractivity contribution in [3.05, 3.63) is 18.0 Å². The maximum absolute atomic E-state index is 6.56. The largest absolute Gasteiger partial charge is 0.326 e. The molecule has 0 radical (unpaired) electrons. The summed E-state index contributed by atoms with van der Waals surface area (Å²) in [5.41, 5.74) is 7.91. The van der Waals surface area contributed by atoms with E-state index in [2.05, 4.69) is 30.0 Å². The van der Waals surface area contributed by atoms with Crippen molar-refractivity contribution in [1.82, 2.24) is 14.7 Å². The van der Waals surface area contributed by atoms with Gasteiger partial charge in [-0.25, -0.2) is 0 Å². The van der Waals surface area contributed by atoms with Gasteiger partial charge in [0, 0.05) is 24.8 Å². The molecule has 1 aromatic rings. The Morgan fingerprint density at radius 2 is 2.05 bits per heavy atom. The van der Waals surface area contributed by atoms with Gasteiger partial charge in [0.25, 0.3) is 0 Å². The standard InChI is InChI=1S/C15H28N4/c1-4-15(2,19-8-6-5-7-9-19)14(16)10-13-11-17-18(3)12-13/h11-12,14H,4-10,16H2,1-3H3. The van der Waals surface area contributed by atoms with Crippen LogP contribution in [0, 0.1) is 0 Å². The molecule has 1 saturated heterocycles. The number of aromatic nitrogens is 2. The molecule has 2 unspecified atom stereocenters. The highest BCUT2D eigenvalue weighted by molar-refractivity contribution is 5.09. The van der Waals surface area contributed by atoms with Crippen molar-refractivity contribution in [2.45, 2.75) is 57.5 Å². The van der Waals surface area contributed by atoms with Crippen LogP contribution in [0.1, 0.15) is 45.1 Å². The Balaban J connectivity index is 2.06. The normalized spacial score (nSPS) is 22.1. The smallest absolute Gasteiger partial charge is 0.0522 e. The Labute approximate surface area is 117 Å². The lowest BCUT2D eigenvalue weighted by molar-refractivity contribution is 0.0546. The summed E-state index contributed by atoms with van der Waals surface area (Å²) in [5, 5.41) is 4.24. The van der Waals surface area contributed by atoms with Crippen LogP contribution < -0.4 is 5.73 Å². The highest BCUT2D eigenvalue weighted by Gasteiger charge is 2.36. The molecule has 0 amide bonds. The predicted octanol–water partition coefficient (Wildman–Crippen LogP) is 1.94. The van der Waals surface area contributed by atoms with Crippen LogP contribution in [-0.2, 0) is 13.5 Å². The fourth-order valence-corrected chi connectivity index (χ4v) is 3.18. The second-order valence-electron chi connectivity index (χ2n) is 6.09. The number of hydrogen-bond donors (Lipinski definition) is 1. The maximum Gasteiger partial charge on any atom is 0.0522 e. The first kappa shape index (κ1) is 14.5. The fourth-order valence-electron chi connectivity index (χ4n) is 3.18. The van der Waals surface area contributed by atoms with Gasteiger partial charge in [0.05, 0.1) is 6.20 Å². The minimum absolute atomic E-state index is 0.107. The van der Waals surface area contributed by atoms with Crippen LogP contribution in [0.4, 0.5) is 0 Å². The number of rotatable bonds is 5. The highest BCUT2D eigenvalue weighted by Crippen LogP contribution is 2.28. The van der Waals surface area contributed by atoms with E-state index in [0.29, 0.717) is 0 Å². The average Bonchev–Trinajstić information content (AvgIpc) is 2.84. The summed E-state index contributed by atoms with van der Waals surface area (Å²) in [7, 11) is 1.96. The van der Waals surface area contributed by atoms with E-state index in [9.17, 15) is 0 Å². The van der Waals surface area contributed by atoms with Crippen molar-refractivity contribution in [3.63, 3.8) is 0 Å². The van der Waals surface area contributed by atoms with E-state index in [4.69, 9.17) is 5.73 Å². The zero-order valence-electron chi connectivity index (χ0n) is 12.6. The molecule has 0 aliphatic carbocycles. The van der Waals surface area contributed by atoms with Gasteiger partial charge < -0.3 is 5.73 Å². The summed E-state index contributed by atoms with van der Waals surface area (Å²) >= 11 is 0. The van der Waals surface area contributed by atoms with Crippen LogP contribution in [0.5, 0.6) is 0 Å². The zero-order chi connectivity index (χ0) is 13.9. The molecule has 4 heteroatoms. The van der Waals surface area contributed by atoms with Gasteiger partial charge in [-0.15, -0.1) is 0 Å². The lowest BCUT2D eigenvalue weighted by Crippen LogP contribution is -2.59. The first-order chi connectivity index (χ1) is 9.06. The monoisotopic (exact) mass is 264 g/mol. The Kier molecular flexibility index (Phi) is 4.63. The first-order valence-electron chi connectivity index (χ1n) is 7.54. The lowest BCUT2D eigenvalue weighted by Gasteiger charge is -2.46. The van der Waals surface area contributed by atoms with E-state index in [1.165, 1.54) is 37.9 Å². The molecule has 2 heterocycles. The van der Waals surface area contributed by atoms with E-state index in [1.54, 1.807) is 0 Å². The number of aryl methyl sites for hydroxylation is 1. The zero-order valence-corrected chi connectivity index (χ0v) is 12.6. The van der Waals surface area contributed by atoms with Gasteiger partial charge in [0.15, 0.2) is 0 Å². The van der Waals surface area contributed by atoms with Crippen LogP contribution in [0.3, 0.4) is 0 Å². The van der Waals surface area contributed by atoms with Crippen LogP contribution >= 0.6 is 0 Å². The molecule has 19 heavy (non-hydrogen) atoms. The maximum atomic E-state index is 6.56. The predicted molar refractivity (Wildman–Crippen MR) is 79.0 cm³/mol. The molecule has 1 aliphatic rings. The van der Waals surface area contributed by atoms with E-state index < -0.39 is 0 Å². The third kappa shape index (κ3) is 3.18. The number of hydrogen-bond acceptors (Lipinski definition) is 3. The molecule has 4 nitrogen and oxygen atoms in total. The van der Waals surface area contributed by atoms with Gasteiger partial charge in [0.2, 0.25) is 0 Å². The Hall–Kier alpha value is -0.870. The Morgan fingerprint density at radius 3 is 2.58 bits per heavy atom. The Morgan fingerprint density at radius 1 is 1.37 bits per heavy atom. The third-order valence-electron chi connectivity index (χ3n) is 4.81. The summed E-state index contributed by atoms with van der Waals surface area (Å²) in [6.07, 6.45) is 10.0. The SMILES string of the molecule is CCC(C)(C(N)Cc1cnn(C)c1)N1CCCCC1. The van der Waals surface area contributed by atoms with Crippen molar-refractivity contribution in [2.24, 2.45) is 12.8 Å². The molecule has 2 N–H and O–H groups in total. The van der Waals surface area contributed by atoms with Crippen LogP contribution in [0.25, 0.3) is 0 Å². The molecule has 108 valence electrons. The molecule has 2 atom stereocenters. The van der Waals surface area contributed by atoms with Crippen molar-refractivity contribution in [1.29, 1.82) is 0 Å². The lowest BCUT2D eigenvalue weighted by atomic mass is 9.83. The Bertz CT molecular complexity index is 395. The minimum atomic E-state index is 0.107. The molecular weight excluding hydrogens is 236 g/mol. The second-order valence-corrected chi connectivity index (χ2v) is 6.09. The molecule has 1 fully saturated rings. The van der Waals surface area contributed by atoms with Gasteiger partial charge in [-0.2, -0.15) is 5.10 Å². The van der Waals surface area contributed by atoms with E-state index in [1.807, 2.05) is 17.9 Å². The van der Waals surface area contributed by atoms with E-state index >= 15 is 0 Å². The van der Waals surface area contributed by atoms with Crippen LogP contribution in [0.2, 0.25) is 0 Å². The van der Waals surface area contributed by atoms with Crippen molar-refractivity contribution < 1.29 is 0 Å². The highest BCUT2D eigenvalue weighted by atomic mass is 15.2. The molecule has 0 spiro atoms. The third-order valence-corrected chi connectivity index (χ3v) is 4.81. The van der Waals surface area contributed by atoms with Gasteiger partial charge >= 0.3 is 0 Å². The van der Waals surface area contributed by atoms with Crippen molar-refractivity contribution in [3.8, 4) is 0 Å². The van der Waals surface area contributed by atoms with Crippen LogP contribution in [0.15, 0.2) is 12.4 Å². The molecule has 2 rings (SSSR count). The molecule has 0 saturated carbocycles. The fraction of sp³-hybridized carbons (Fsp3) is 0.800. The summed E-state index contributed by atoms with van der Waals surface area (Å²) in [5.74, 6) is 0. The molecular formula is C15H28N4. The second kappa shape index (κ2) is 6.06. The average molecular weight is 264 g/mol. The number of piperidine rings is 1. The minimum Gasteiger partial charge on any atom is -0.326 e. The molecule has 0 bridgehead atoms. The molecule has 1 aliphatic heterocycles. The van der Waals surface area contributed by atoms with E-state index in [-0.39, 0.29) is 11.6 Å². The van der Waals surface area contributed by atoms with Gasteiger partial charge in [-0.05, 0) is 51.3 Å².